The zero-order chi connectivity index (χ0) is 42.3. The van der Waals surface area contributed by atoms with Crippen LogP contribution in [-0.4, -0.2) is 70.4 Å². The average molecular weight is 851 g/mol. The number of unbranched alkanes of at least 4 members (excludes halogenated alkanes) is 16. The summed E-state index contributed by atoms with van der Waals surface area (Å²) in [6, 6.07) is 0. The van der Waals surface area contributed by atoms with E-state index in [9.17, 15) is 28.7 Å². The molecule has 0 aromatic rings. The number of ether oxygens (including phenoxy) is 2. The van der Waals surface area contributed by atoms with E-state index in [1.54, 1.807) is 0 Å². The van der Waals surface area contributed by atoms with Crippen molar-refractivity contribution in [2.75, 3.05) is 26.4 Å². The molecule has 0 aliphatic heterocycles. The van der Waals surface area contributed by atoms with Crippen molar-refractivity contribution >= 4 is 27.6 Å². The van der Waals surface area contributed by atoms with Gasteiger partial charge < -0.3 is 29.3 Å². The minimum atomic E-state index is -4.86. The van der Waals surface area contributed by atoms with Gasteiger partial charge in [0.25, 0.3) is 0 Å². The molecule has 1 unspecified atom stereocenters. The second-order valence-electron chi connectivity index (χ2n) is 14.2. The molecule has 0 saturated carbocycles. The van der Waals surface area contributed by atoms with E-state index in [0.29, 0.717) is 12.8 Å². The third-order valence-electron chi connectivity index (χ3n) is 8.69. The predicted octanol–water partition coefficient (Wildman–Crippen LogP) is 10.7. The van der Waals surface area contributed by atoms with Crippen LogP contribution in [0.25, 0.3) is 0 Å². The average Bonchev–Trinajstić information content (AvgIpc) is 3.17. The minimum Gasteiger partial charge on any atom is -0.462 e. The maximum atomic E-state index is 12.6. The van der Waals surface area contributed by atoms with Crippen molar-refractivity contribution in [1.82, 2.24) is 0 Å². The Morgan fingerprint density at radius 3 is 1.51 bits per heavy atom. The highest BCUT2D eigenvalue weighted by molar-refractivity contribution is 7.47. The molecule has 0 rings (SSSR count). The van der Waals surface area contributed by atoms with E-state index in [0.717, 1.165) is 83.5 Å². The summed E-state index contributed by atoms with van der Waals surface area (Å²) in [5, 5.41) is 9.74. The number of carbonyl (C=O) groups is 2. The SMILES string of the molecule is CC/C=C\C/C=C\C/C=C\CCCCCCCC(=O)OC[C@H](COP(=O)(O)OC[C@@H](O)COP(=O)(O)O)OC(=O)CCCCCCCCC/C=C\CCCCCC. The third kappa shape index (κ3) is 42.0. The van der Waals surface area contributed by atoms with Crippen molar-refractivity contribution in [3.63, 3.8) is 0 Å². The summed E-state index contributed by atoms with van der Waals surface area (Å²) in [5.41, 5.74) is 0. The Kier molecular flexibility index (Phi) is 37.0. The molecule has 0 fully saturated rings. The van der Waals surface area contributed by atoms with Gasteiger partial charge in [-0.1, -0.05) is 133 Å². The van der Waals surface area contributed by atoms with Crippen molar-refractivity contribution in [1.29, 1.82) is 0 Å². The predicted molar refractivity (Wildman–Crippen MR) is 225 cm³/mol. The molecule has 0 heterocycles. The number of aliphatic hydroxyl groups is 1. The van der Waals surface area contributed by atoms with E-state index in [1.807, 2.05) is 0 Å². The number of esters is 2. The smallest absolute Gasteiger partial charge is 0.462 e. The van der Waals surface area contributed by atoms with E-state index < -0.39 is 66.2 Å². The number of allylic oxidation sites excluding steroid dienone is 8. The summed E-state index contributed by atoms with van der Waals surface area (Å²) in [7, 11) is -9.67. The molecule has 0 radical (unpaired) electrons. The first-order valence-corrected chi connectivity index (χ1v) is 24.4. The van der Waals surface area contributed by atoms with Crippen LogP contribution in [0.15, 0.2) is 48.6 Å². The summed E-state index contributed by atoms with van der Waals surface area (Å²) in [5.74, 6) is -1.06. The molecular formula is C42H76O13P2. The van der Waals surface area contributed by atoms with Gasteiger partial charge in [0, 0.05) is 12.8 Å². The van der Waals surface area contributed by atoms with Gasteiger partial charge >= 0.3 is 27.6 Å². The number of phosphoric ester groups is 2. The number of aliphatic hydroxyl groups excluding tert-OH is 1. The molecular weight excluding hydrogens is 774 g/mol. The first-order chi connectivity index (χ1) is 27.4. The molecule has 0 aromatic heterocycles. The quantitative estimate of drug-likeness (QED) is 0.0197. The fourth-order valence-corrected chi connectivity index (χ4v) is 6.63. The van der Waals surface area contributed by atoms with Gasteiger partial charge in [0.2, 0.25) is 0 Å². The molecule has 0 aliphatic rings. The van der Waals surface area contributed by atoms with Crippen molar-refractivity contribution in [3.05, 3.63) is 48.6 Å². The van der Waals surface area contributed by atoms with Crippen molar-refractivity contribution in [2.24, 2.45) is 0 Å². The van der Waals surface area contributed by atoms with Crippen LogP contribution in [-0.2, 0) is 41.8 Å². The Labute approximate surface area is 343 Å². The highest BCUT2D eigenvalue weighted by Crippen LogP contribution is 2.43. The van der Waals surface area contributed by atoms with Crippen molar-refractivity contribution < 1.29 is 61.6 Å². The van der Waals surface area contributed by atoms with Crippen LogP contribution in [0.5, 0.6) is 0 Å². The first kappa shape index (κ1) is 55.1. The fraction of sp³-hybridized carbons (Fsp3) is 0.762. The third-order valence-corrected chi connectivity index (χ3v) is 10.1. The summed E-state index contributed by atoms with van der Waals surface area (Å²) in [6.45, 7) is 1.61. The molecule has 0 spiro atoms. The second-order valence-corrected chi connectivity index (χ2v) is 16.9. The van der Waals surface area contributed by atoms with Gasteiger partial charge in [-0.15, -0.1) is 0 Å². The van der Waals surface area contributed by atoms with Gasteiger partial charge in [-0.2, -0.15) is 0 Å². The van der Waals surface area contributed by atoms with E-state index in [-0.39, 0.29) is 12.8 Å². The zero-order valence-electron chi connectivity index (χ0n) is 34.9. The molecule has 57 heavy (non-hydrogen) atoms. The number of hydrogen-bond acceptors (Lipinski definition) is 10. The van der Waals surface area contributed by atoms with Crippen LogP contribution in [0.4, 0.5) is 0 Å². The van der Waals surface area contributed by atoms with Crippen molar-refractivity contribution in [3.8, 4) is 0 Å². The Balaban J connectivity index is 4.56. The number of phosphoric acid groups is 2. The lowest BCUT2D eigenvalue weighted by atomic mass is 10.1. The standard InChI is InChI=1S/C42H76O13P2/c1-3-5-7-9-11-13-15-17-19-21-23-25-27-29-31-33-41(44)51-37-40(38-54-57(49,50)53-36-39(43)35-52-56(46,47)48)55-42(45)34-32-30-28-26-24-22-20-18-16-14-12-10-8-6-4-2/h5,7,11,13-14,16-17,19,39-40,43H,3-4,6,8-10,12,15,18,20-38H2,1-2H3,(H,49,50)(H2,46,47,48)/b7-5-,13-11-,16-14-,19-17-/t39-,40+/m0/s1. The number of rotatable bonds is 40. The Bertz CT molecular complexity index is 1200. The highest BCUT2D eigenvalue weighted by atomic mass is 31.2. The van der Waals surface area contributed by atoms with Crippen LogP contribution in [0.1, 0.15) is 168 Å². The maximum absolute atomic E-state index is 12.6. The van der Waals surface area contributed by atoms with Crippen LogP contribution >= 0.6 is 15.6 Å². The molecule has 15 heteroatoms. The number of carbonyl (C=O) groups excluding carboxylic acids is 2. The molecule has 332 valence electrons. The van der Waals surface area contributed by atoms with Crippen LogP contribution < -0.4 is 0 Å². The minimum absolute atomic E-state index is 0.121. The topological polar surface area (TPSA) is 195 Å². The lowest BCUT2D eigenvalue weighted by Crippen LogP contribution is -2.30. The van der Waals surface area contributed by atoms with Gasteiger partial charge in [-0.3, -0.25) is 23.2 Å². The van der Waals surface area contributed by atoms with Gasteiger partial charge in [0.05, 0.1) is 19.8 Å². The maximum Gasteiger partial charge on any atom is 0.472 e. The zero-order valence-corrected chi connectivity index (χ0v) is 36.7. The second kappa shape index (κ2) is 38.3. The summed E-state index contributed by atoms with van der Waals surface area (Å²) in [4.78, 5) is 52.6. The first-order valence-electron chi connectivity index (χ1n) is 21.3. The molecule has 13 nitrogen and oxygen atoms in total. The summed E-state index contributed by atoms with van der Waals surface area (Å²) < 4.78 is 47.7. The normalized spacial score (nSPS) is 14.6. The van der Waals surface area contributed by atoms with Gasteiger partial charge in [-0.25, -0.2) is 9.13 Å². The fourth-order valence-electron chi connectivity index (χ4n) is 5.47. The van der Waals surface area contributed by atoms with Crippen LogP contribution in [0.3, 0.4) is 0 Å². The molecule has 0 aliphatic carbocycles. The summed E-state index contributed by atoms with van der Waals surface area (Å²) >= 11 is 0. The summed E-state index contributed by atoms with van der Waals surface area (Å²) in [6.07, 6.45) is 38.1. The molecule has 0 bridgehead atoms. The Morgan fingerprint density at radius 1 is 0.526 bits per heavy atom. The van der Waals surface area contributed by atoms with Crippen LogP contribution in [0, 0.1) is 0 Å². The van der Waals surface area contributed by atoms with E-state index in [1.165, 1.54) is 44.9 Å². The van der Waals surface area contributed by atoms with E-state index in [4.69, 9.17) is 23.8 Å². The largest absolute Gasteiger partial charge is 0.472 e. The molecule has 3 atom stereocenters. The number of hydrogen-bond donors (Lipinski definition) is 4. The molecule has 0 amide bonds. The molecule has 0 saturated heterocycles. The lowest BCUT2D eigenvalue weighted by molar-refractivity contribution is -0.161. The van der Waals surface area contributed by atoms with Gasteiger partial charge in [0.15, 0.2) is 6.10 Å². The Hall–Kier alpha value is -1.92. The van der Waals surface area contributed by atoms with E-state index in [2.05, 4.69) is 71.5 Å². The van der Waals surface area contributed by atoms with E-state index >= 15 is 0 Å². The molecule has 4 N–H and O–H groups in total. The van der Waals surface area contributed by atoms with Crippen molar-refractivity contribution in [2.45, 2.75) is 180 Å². The highest BCUT2D eigenvalue weighted by Gasteiger charge is 2.28. The van der Waals surface area contributed by atoms with Gasteiger partial charge in [-0.05, 0) is 70.6 Å². The van der Waals surface area contributed by atoms with Crippen LogP contribution in [0.2, 0.25) is 0 Å². The monoisotopic (exact) mass is 850 g/mol. The Morgan fingerprint density at radius 2 is 0.965 bits per heavy atom. The van der Waals surface area contributed by atoms with Gasteiger partial charge in [0.1, 0.15) is 12.7 Å². The lowest BCUT2D eigenvalue weighted by Gasteiger charge is -2.20. The molecule has 0 aromatic carbocycles.